The van der Waals surface area contributed by atoms with Gasteiger partial charge in [-0.05, 0) is 17.7 Å². The van der Waals surface area contributed by atoms with E-state index in [9.17, 15) is 28.5 Å². The Bertz CT molecular complexity index is 1430. The van der Waals surface area contributed by atoms with Gasteiger partial charge in [0.05, 0.1) is 29.8 Å². The van der Waals surface area contributed by atoms with E-state index in [-0.39, 0.29) is 47.5 Å². The fourth-order valence-corrected chi connectivity index (χ4v) is 3.28. The van der Waals surface area contributed by atoms with Crippen LogP contribution >= 0.6 is 0 Å². The third-order valence-corrected chi connectivity index (χ3v) is 4.88. The summed E-state index contributed by atoms with van der Waals surface area (Å²) in [6, 6.07) is 8.61. The van der Waals surface area contributed by atoms with Crippen LogP contribution in [0.5, 0.6) is 0 Å². The number of halogens is 2. The van der Waals surface area contributed by atoms with Gasteiger partial charge in [0.15, 0.2) is 5.65 Å². The van der Waals surface area contributed by atoms with Crippen molar-refractivity contribution in [1.29, 1.82) is 0 Å². The Balaban J connectivity index is 1.47. The SMILES string of the molecule is O=C(NCCn1ncc2c(=O)n(Cc3cccc([N+](=O)[O-])c3)cnc21)c1ccc(F)cc1F. The average molecular weight is 454 g/mol. The number of hydrogen-bond donors (Lipinski definition) is 1. The lowest BCUT2D eigenvalue weighted by Gasteiger charge is -2.08. The topological polar surface area (TPSA) is 125 Å². The van der Waals surface area contributed by atoms with Crippen LogP contribution in [0.1, 0.15) is 15.9 Å². The van der Waals surface area contributed by atoms with Gasteiger partial charge in [-0.15, -0.1) is 0 Å². The van der Waals surface area contributed by atoms with E-state index in [1.54, 1.807) is 6.07 Å². The maximum Gasteiger partial charge on any atom is 0.269 e. The number of benzene rings is 2. The normalized spacial score (nSPS) is 11.0. The lowest BCUT2D eigenvalue weighted by Crippen LogP contribution is -2.28. The third kappa shape index (κ3) is 4.59. The maximum atomic E-state index is 13.7. The fourth-order valence-electron chi connectivity index (χ4n) is 3.28. The zero-order valence-electron chi connectivity index (χ0n) is 16.9. The highest BCUT2D eigenvalue weighted by atomic mass is 19.1. The van der Waals surface area contributed by atoms with E-state index in [4.69, 9.17) is 0 Å². The molecular weight excluding hydrogens is 438 g/mol. The van der Waals surface area contributed by atoms with E-state index in [1.807, 2.05) is 0 Å². The highest BCUT2D eigenvalue weighted by Crippen LogP contribution is 2.14. The molecule has 0 atom stereocenters. The highest BCUT2D eigenvalue weighted by Gasteiger charge is 2.14. The number of carbonyl (C=O) groups is 1. The maximum absolute atomic E-state index is 13.7. The van der Waals surface area contributed by atoms with Crippen LogP contribution in [-0.2, 0) is 13.1 Å². The van der Waals surface area contributed by atoms with Crippen molar-refractivity contribution >= 4 is 22.6 Å². The molecule has 33 heavy (non-hydrogen) atoms. The van der Waals surface area contributed by atoms with Crippen LogP contribution in [0.25, 0.3) is 11.0 Å². The molecule has 0 spiro atoms. The molecule has 168 valence electrons. The van der Waals surface area contributed by atoms with E-state index in [1.165, 1.54) is 40.0 Å². The Labute approximate surface area is 184 Å². The molecule has 4 rings (SSSR count). The standard InChI is InChI=1S/C21H16F2N6O4/c22-14-4-5-16(18(23)9-14)20(30)24-6-7-28-19-17(10-26-28)21(31)27(12-25-19)11-13-2-1-3-15(8-13)29(32)33/h1-5,8-10,12H,6-7,11H2,(H,24,30). The first-order valence-electron chi connectivity index (χ1n) is 9.71. The molecule has 0 saturated heterocycles. The largest absolute Gasteiger partial charge is 0.350 e. The summed E-state index contributed by atoms with van der Waals surface area (Å²) in [4.78, 5) is 39.6. The summed E-state index contributed by atoms with van der Waals surface area (Å²) in [5, 5.41) is 17.8. The molecule has 0 radical (unpaired) electrons. The van der Waals surface area contributed by atoms with E-state index >= 15 is 0 Å². The van der Waals surface area contributed by atoms with Gasteiger partial charge in [-0.25, -0.2) is 18.4 Å². The molecule has 0 aliphatic heterocycles. The number of non-ortho nitro benzene ring substituents is 1. The number of carbonyl (C=O) groups excluding carboxylic acids is 1. The van der Waals surface area contributed by atoms with Crippen molar-refractivity contribution in [2.45, 2.75) is 13.1 Å². The van der Waals surface area contributed by atoms with Crippen molar-refractivity contribution in [3.8, 4) is 0 Å². The number of amides is 1. The molecule has 0 unspecified atom stereocenters. The first kappa shape index (κ1) is 21.7. The lowest BCUT2D eigenvalue weighted by atomic mass is 10.2. The highest BCUT2D eigenvalue weighted by molar-refractivity contribution is 5.94. The quantitative estimate of drug-likeness (QED) is 0.337. The minimum Gasteiger partial charge on any atom is -0.350 e. The Hall–Kier alpha value is -4.48. The molecule has 2 heterocycles. The monoisotopic (exact) mass is 454 g/mol. The number of nitro groups is 1. The molecule has 1 amide bonds. The van der Waals surface area contributed by atoms with Crippen molar-refractivity contribution in [1.82, 2.24) is 24.6 Å². The molecule has 12 heteroatoms. The minimum atomic E-state index is -0.969. The number of rotatable bonds is 7. The van der Waals surface area contributed by atoms with Crippen molar-refractivity contribution in [3.05, 3.63) is 98.2 Å². The molecule has 1 N–H and O–H groups in total. The van der Waals surface area contributed by atoms with E-state index in [2.05, 4.69) is 15.4 Å². The van der Waals surface area contributed by atoms with Crippen LogP contribution in [-0.4, -0.2) is 36.7 Å². The van der Waals surface area contributed by atoms with Gasteiger partial charge in [-0.3, -0.25) is 24.3 Å². The van der Waals surface area contributed by atoms with Crippen molar-refractivity contribution in [2.24, 2.45) is 0 Å². The van der Waals surface area contributed by atoms with Gasteiger partial charge in [0, 0.05) is 24.7 Å². The molecule has 0 aliphatic carbocycles. The Morgan fingerprint density at radius 3 is 2.76 bits per heavy atom. The van der Waals surface area contributed by atoms with Crippen LogP contribution < -0.4 is 10.9 Å². The average Bonchev–Trinajstić information content (AvgIpc) is 3.19. The number of nitro benzene ring substituents is 1. The van der Waals surface area contributed by atoms with Crippen LogP contribution in [0.4, 0.5) is 14.5 Å². The zero-order valence-corrected chi connectivity index (χ0v) is 16.9. The van der Waals surface area contributed by atoms with Crippen LogP contribution in [0.3, 0.4) is 0 Å². The summed E-state index contributed by atoms with van der Waals surface area (Å²) >= 11 is 0. The second kappa shape index (κ2) is 8.94. The molecular formula is C21H16F2N6O4. The number of aromatic nitrogens is 4. The summed E-state index contributed by atoms with van der Waals surface area (Å²) in [6.07, 6.45) is 2.66. The van der Waals surface area contributed by atoms with E-state index < -0.39 is 22.5 Å². The molecule has 10 nitrogen and oxygen atoms in total. The molecule has 0 saturated carbocycles. The predicted molar refractivity (Wildman–Crippen MR) is 113 cm³/mol. The zero-order chi connectivity index (χ0) is 23.5. The summed E-state index contributed by atoms with van der Waals surface area (Å²) in [5.74, 6) is -2.46. The number of nitrogens with zero attached hydrogens (tertiary/aromatic N) is 5. The first-order valence-corrected chi connectivity index (χ1v) is 9.71. The van der Waals surface area contributed by atoms with Gasteiger partial charge >= 0.3 is 0 Å². The molecule has 2 aromatic heterocycles. The van der Waals surface area contributed by atoms with Gasteiger partial charge in [-0.1, -0.05) is 12.1 Å². The van der Waals surface area contributed by atoms with Gasteiger partial charge < -0.3 is 5.32 Å². The van der Waals surface area contributed by atoms with Crippen LogP contribution in [0.15, 0.2) is 59.8 Å². The summed E-state index contributed by atoms with van der Waals surface area (Å²) in [5.41, 5.74) is 0.108. The molecule has 0 aliphatic rings. The van der Waals surface area contributed by atoms with Gasteiger partial charge in [-0.2, -0.15) is 5.10 Å². The minimum absolute atomic E-state index is 0.0604. The summed E-state index contributed by atoms with van der Waals surface area (Å²) in [6.45, 7) is 0.304. The summed E-state index contributed by atoms with van der Waals surface area (Å²) < 4.78 is 29.4. The Morgan fingerprint density at radius 1 is 1.18 bits per heavy atom. The van der Waals surface area contributed by atoms with Gasteiger partial charge in [0.2, 0.25) is 0 Å². The first-order chi connectivity index (χ1) is 15.8. The second-order valence-corrected chi connectivity index (χ2v) is 7.09. The lowest BCUT2D eigenvalue weighted by molar-refractivity contribution is -0.384. The fraction of sp³-hybridized carbons (Fsp3) is 0.143. The smallest absolute Gasteiger partial charge is 0.269 e. The number of nitrogens with one attached hydrogen (secondary N) is 1. The van der Waals surface area contributed by atoms with Crippen molar-refractivity contribution in [3.63, 3.8) is 0 Å². The Kier molecular flexibility index (Phi) is 5.89. The van der Waals surface area contributed by atoms with E-state index in [0.29, 0.717) is 11.6 Å². The third-order valence-electron chi connectivity index (χ3n) is 4.88. The summed E-state index contributed by atoms with van der Waals surface area (Å²) in [7, 11) is 0. The van der Waals surface area contributed by atoms with Gasteiger partial charge in [0.25, 0.3) is 17.2 Å². The Morgan fingerprint density at radius 2 is 2.00 bits per heavy atom. The number of hydrogen-bond acceptors (Lipinski definition) is 6. The van der Waals surface area contributed by atoms with Crippen LogP contribution in [0.2, 0.25) is 0 Å². The van der Waals surface area contributed by atoms with Crippen molar-refractivity contribution < 1.29 is 18.5 Å². The van der Waals surface area contributed by atoms with E-state index in [0.717, 1.165) is 12.1 Å². The number of fused-ring (bicyclic) bond motifs is 1. The molecule has 0 fully saturated rings. The van der Waals surface area contributed by atoms with Crippen molar-refractivity contribution in [2.75, 3.05) is 6.54 Å². The predicted octanol–water partition coefficient (Wildman–Crippen LogP) is 2.26. The molecule has 0 bridgehead atoms. The van der Waals surface area contributed by atoms with Gasteiger partial charge in [0.1, 0.15) is 23.3 Å². The van der Waals surface area contributed by atoms with Crippen LogP contribution in [0, 0.1) is 21.7 Å². The molecule has 2 aromatic carbocycles. The second-order valence-electron chi connectivity index (χ2n) is 7.09. The molecule has 4 aromatic rings.